The predicted molar refractivity (Wildman–Crippen MR) is 57.2 cm³/mol. The van der Waals surface area contributed by atoms with Crippen molar-refractivity contribution in [2.24, 2.45) is 5.73 Å². The van der Waals surface area contributed by atoms with Gasteiger partial charge in [-0.2, -0.15) is 0 Å². The zero-order chi connectivity index (χ0) is 11.1. The summed E-state index contributed by atoms with van der Waals surface area (Å²) in [5.74, 6) is -1.18. The van der Waals surface area contributed by atoms with E-state index in [0.717, 1.165) is 5.56 Å². The maximum atomic E-state index is 11.0. The third-order valence-electron chi connectivity index (χ3n) is 1.98. The molecule has 80 valence electrons. The molecule has 0 spiro atoms. The first kappa shape index (κ1) is 11.4. The maximum absolute atomic E-state index is 11.0. The normalized spacial score (nSPS) is 9.67. The van der Waals surface area contributed by atoms with E-state index in [1.807, 2.05) is 30.3 Å². The van der Waals surface area contributed by atoms with Crippen molar-refractivity contribution < 1.29 is 9.59 Å². The Kier molecular flexibility index (Phi) is 4.50. The van der Waals surface area contributed by atoms with Crippen molar-refractivity contribution >= 4 is 11.7 Å². The van der Waals surface area contributed by atoms with E-state index in [1.54, 1.807) is 0 Å². The standard InChI is InChI=1S/C11H14N2O2/c12-8-10(14)11(15)13-7-6-9-4-2-1-3-5-9/h1-5H,6-8,12H2,(H,13,15). The minimum absolute atomic E-state index is 0.239. The van der Waals surface area contributed by atoms with Gasteiger partial charge in [-0.25, -0.2) is 0 Å². The summed E-state index contributed by atoms with van der Waals surface area (Å²) in [6.45, 7) is 0.214. The average molecular weight is 206 g/mol. The zero-order valence-electron chi connectivity index (χ0n) is 8.40. The van der Waals surface area contributed by atoms with Crippen LogP contribution in [-0.2, 0) is 16.0 Å². The first-order valence-electron chi connectivity index (χ1n) is 4.79. The summed E-state index contributed by atoms with van der Waals surface area (Å²) in [7, 11) is 0. The van der Waals surface area contributed by atoms with Gasteiger partial charge in [0.1, 0.15) is 0 Å². The molecular formula is C11H14N2O2. The summed E-state index contributed by atoms with van der Waals surface area (Å²) >= 11 is 0. The number of carbonyl (C=O) groups excluding carboxylic acids is 2. The largest absolute Gasteiger partial charge is 0.349 e. The van der Waals surface area contributed by atoms with Crippen LogP contribution in [-0.4, -0.2) is 24.8 Å². The quantitative estimate of drug-likeness (QED) is 0.659. The van der Waals surface area contributed by atoms with Gasteiger partial charge < -0.3 is 11.1 Å². The van der Waals surface area contributed by atoms with Crippen molar-refractivity contribution in [3.63, 3.8) is 0 Å². The molecule has 1 amide bonds. The minimum atomic E-state index is -0.603. The smallest absolute Gasteiger partial charge is 0.288 e. The molecule has 0 unspecified atom stereocenters. The van der Waals surface area contributed by atoms with E-state index in [4.69, 9.17) is 5.73 Å². The minimum Gasteiger partial charge on any atom is -0.349 e. The predicted octanol–water partition coefficient (Wildman–Crippen LogP) is -0.127. The summed E-state index contributed by atoms with van der Waals surface area (Å²) in [5.41, 5.74) is 6.17. The summed E-state index contributed by atoms with van der Waals surface area (Å²) in [4.78, 5) is 21.8. The van der Waals surface area contributed by atoms with E-state index in [9.17, 15) is 9.59 Å². The highest BCUT2D eigenvalue weighted by atomic mass is 16.2. The maximum Gasteiger partial charge on any atom is 0.288 e. The molecule has 0 radical (unpaired) electrons. The van der Waals surface area contributed by atoms with Crippen LogP contribution in [0.25, 0.3) is 0 Å². The molecule has 0 atom stereocenters. The highest BCUT2D eigenvalue weighted by Gasteiger charge is 2.09. The molecule has 15 heavy (non-hydrogen) atoms. The Bertz CT molecular complexity index is 336. The van der Waals surface area contributed by atoms with Gasteiger partial charge in [0.15, 0.2) is 0 Å². The van der Waals surface area contributed by atoms with Crippen LogP contribution in [0.3, 0.4) is 0 Å². The number of nitrogens with two attached hydrogens (primary N) is 1. The number of Topliss-reactive ketones (excluding diaryl/α,β-unsaturated/α-hetero) is 1. The number of amides is 1. The van der Waals surface area contributed by atoms with Crippen LogP contribution >= 0.6 is 0 Å². The van der Waals surface area contributed by atoms with Gasteiger partial charge in [0.05, 0.1) is 6.54 Å². The van der Waals surface area contributed by atoms with E-state index >= 15 is 0 Å². The lowest BCUT2D eigenvalue weighted by molar-refractivity contribution is -0.137. The second-order valence-corrected chi connectivity index (χ2v) is 3.12. The topological polar surface area (TPSA) is 72.2 Å². The van der Waals surface area contributed by atoms with E-state index in [0.29, 0.717) is 13.0 Å². The van der Waals surface area contributed by atoms with E-state index in [1.165, 1.54) is 0 Å². The Morgan fingerprint density at radius 1 is 1.20 bits per heavy atom. The first-order chi connectivity index (χ1) is 7.24. The number of ketones is 1. The van der Waals surface area contributed by atoms with Crippen molar-refractivity contribution in [1.29, 1.82) is 0 Å². The number of hydrogen-bond donors (Lipinski definition) is 2. The molecule has 1 aromatic carbocycles. The molecule has 1 aromatic rings. The number of benzene rings is 1. The summed E-state index contributed by atoms with van der Waals surface area (Å²) in [6, 6.07) is 9.73. The van der Waals surface area contributed by atoms with Crippen LogP contribution in [0, 0.1) is 0 Å². The lowest BCUT2D eigenvalue weighted by atomic mass is 10.1. The molecular weight excluding hydrogens is 192 g/mol. The van der Waals surface area contributed by atoms with Gasteiger partial charge in [0.2, 0.25) is 5.78 Å². The second-order valence-electron chi connectivity index (χ2n) is 3.12. The molecule has 0 aliphatic heterocycles. The Morgan fingerprint density at radius 2 is 1.87 bits per heavy atom. The van der Waals surface area contributed by atoms with Gasteiger partial charge in [0.25, 0.3) is 5.91 Å². The van der Waals surface area contributed by atoms with E-state index in [-0.39, 0.29) is 6.54 Å². The number of nitrogens with one attached hydrogen (secondary N) is 1. The highest BCUT2D eigenvalue weighted by molar-refractivity contribution is 6.36. The summed E-state index contributed by atoms with van der Waals surface area (Å²) < 4.78 is 0. The lowest BCUT2D eigenvalue weighted by Crippen LogP contribution is -2.36. The van der Waals surface area contributed by atoms with E-state index < -0.39 is 11.7 Å². The van der Waals surface area contributed by atoms with Crippen molar-refractivity contribution in [1.82, 2.24) is 5.32 Å². The Labute approximate surface area is 88.5 Å². The molecule has 0 aliphatic carbocycles. The summed E-state index contributed by atoms with van der Waals surface area (Å²) in [6.07, 6.45) is 0.713. The molecule has 4 heteroatoms. The second kappa shape index (κ2) is 5.93. The molecule has 0 saturated carbocycles. The molecule has 3 N–H and O–H groups in total. The fourth-order valence-corrected chi connectivity index (χ4v) is 1.16. The van der Waals surface area contributed by atoms with Gasteiger partial charge in [-0.15, -0.1) is 0 Å². The monoisotopic (exact) mass is 206 g/mol. The Hall–Kier alpha value is -1.68. The van der Waals surface area contributed by atoms with Crippen LogP contribution in [0.5, 0.6) is 0 Å². The van der Waals surface area contributed by atoms with Gasteiger partial charge in [0, 0.05) is 6.54 Å². The van der Waals surface area contributed by atoms with Gasteiger partial charge in [-0.05, 0) is 12.0 Å². The van der Waals surface area contributed by atoms with Gasteiger partial charge in [-0.1, -0.05) is 30.3 Å². The fraction of sp³-hybridized carbons (Fsp3) is 0.273. The van der Waals surface area contributed by atoms with Crippen LogP contribution in [0.4, 0.5) is 0 Å². The van der Waals surface area contributed by atoms with Crippen molar-refractivity contribution in [2.75, 3.05) is 13.1 Å². The Morgan fingerprint density at radius 3 is 2.47 bits per heavy atom. The first-order valence-corrected chi connectivity index (χ1v) is 4.79. The molecule has 0 bridgehead atoms. The van der Waals surface area contributed by atoms with Crippen LogP contribution in [0.15, 0.2) is 30.3 Å². The van der Waals surface area contributed by atoms with Gasteiger partial charge in [-0.3, -0.25) is 9.59 Å². The van der Waals surface area contributed by atoms with Crippen molar-refractivity contribution in [3.8, 4) is 0 Å². The number of hydrogen-bond acceptors (Lipinski definition) is 3. The van der Waals surface area contributed by atoms with Gasteiger partial charge >= 0.3 is 0 Å². The average Bonchev–Trinajstić information content (AvgIpc) is 2.29. The molecule has 1 rings (SSSR count). The SMILES string of the molecule is NCC(=O)C(=O)NCCc1ccccc1. The fourth-order valence-electron chi connectivity index (χ4n) is 1.16. The molecule has 0 aromatic heterocycles. The van der Waals surface area contributed by atoms with Crippen molar-refractivity contribution in [3.05, 3.63) is 35.9 Å². The van der Waals surface area contributed by atoms with Crippen LogP contribution in [0.2, 0.25) is 0 Å². The zero-order valence-corrected chi connectivity index (χ0v) is 8.40. The molecule has 4 nitrogen and oxygen atoms in total. The number of rotatable bonds is 5. The third-order valence-corrected chi connectivity index (χ3v) is 1.98. The van der Waals surface area contributed by atoms with E-state index in [2.05, 4.69) is 5.32 Å². The third kappa shape index (κ3) is 3.91. The molecule has 0 aliphatic rings. The molecule has 0 fully saturated rings. The van der Waals surface area contributed by atoms with Crippen molar-refractivity contribution in [2.45, 2.75) is 6.42 Å². The molecule has 0 saturated heterocycles. The number of carbonyl (C=O) groups is 2. The summed E-state index contributed by atoms with van der Waals surface area (Å²) in [5, 5.41) is 2.51. The Balaban J connectivity index is 2.28. The highest BCUT2D eigenvalue weighted by Crippen LogP contribution is 1.97. The molecule has 0 heterocycles. The van der Waals surface area contributed by atoms with Crippen LogP contribution in [0.1, 0.15) is 5.56 Å². The lowest BCUT2D eigenvalue weighted by Gasteiger charge is -2.03. The van der Waals surface area contributed by atoms with Crippen LogP contribution < -0.4 is 11.1 Å².